The van der Waals surface area contributed by atoms with Crippen molar-refractivity contribution in [3.8, 4) is 0 Å². The van der Waals surface area contributed by atoms with Crippen LogP contribution in [0.2, 0.25) is 0 Å². The van der Waals surface area contributed by atoms with Crippen molar-refractivity contribution < 1.29 is 17.9 Å². The van der Waals surface area contributed by atoms with Gasteiger partial charge in [0, 0.05) is 12.7 Å². The lowest BCUT2D eigenvalue weighted by molar-refractivity contribution is -0.144. The number of nitrogens with zero attached hydrogens (tertiary/aromatic N) is 2. The Morgan fingerprint density at radius 2 is 2.05 bits per heavy atom. The Kier molecular flexibility index (Phi) is 4.00. The molecule has 0 amide bonds. The Morgan fingerprint density at radius 3 is 2.60 bits per heavy atom. The molecule has 0 radical (unpaired) electrons. The lowest BCUT2D eigenvalue weighted by Gasteiger charge is -2.34. The first-order valence-corrected chi connectivity index (χ1v) is 6.11. The predicted molar refractivity (Wildman–Crippen MR) is 66.9 cm³/mol. The highest BCUT2D eigenvalue weighted by atomic mass is 19.4. The summed E-state index contributed by atoms with van der Waals surface area (Å²) in [5, 5.41) is 2.97. The molecule has 1 aromatic heterocycles. The van der Waals surface area contributed by atoms with Gasteiger partial charge in [-0.3, -0.25) is 0 Å². The first-order chi connectivity index (χ1) is 9.32. The Labute approximate surface area is 113 Å². The number of hydrogen-bond donors (Lipinski definition) is 3. The number of nitrogens with two attached hydrogens (primary N) is 1. The van der Waals surface area contributed by atoms with Gasteiger partial charge in [-0.1, -0.05) is 0 Å². The highest BCUT2D eigenvalue weighted by molar-refractivity contribution is 5.48. The van der Waals surface area contributed by atoms with Gasteiger partial charge < -0.3 is 15.5 Å². The monoisotopic (exact) mass is 291 g/mol. The van der Waals surface area contributed by atoms with Gasteiger partial charge in [0.2, 0.25) is 5.82 Å². The molecule has 1 aromatic rings. The van der Waals surface area contributed by atoms with Crippen LogP contribution in [0.5, 0.6) is 0 Å². The maximum Gasteiger partial charge on any atom is 0.451 e. The number of nitrogen functional groups attached to an aromatic ring is 1. The standard InChI is InChI=1S/C11H16F3N5O/c1-10(3-2-4-20-6-10)18-7-5-8(19-15)17-9(16-7)11(12,13)14/h5H,2-4,6,15H2,1H3,(H2,16,17,18,19). The van der Waals surface area contributed by atoms with E-state index >= 15 is 0 Å². The third-order valence-electron chi connectivity index (χ3n) is 3.00. The van der Waals surface area contributed by atoms with Crippen molar-refractivity contribution in [1.29, 1.82) is 0 Å². The first-order valence-electron chi connectivity index (χ1n) is 6.11. The number of hydrazine groups is 1. The minimum atomic E-state index is -4.63. The summed E-state index contributed by atoms with van der Waals surface area (Å²) in [5.74, 6) is 3.86. The van der Waals surface area contributed by atoms with Gasteiger partial charge in [0.25, 0.3) is 0 Å². The smallest absolute Gasteiger partial charge is 0.379 e. The summed E-state index contributed by atoms with van der Waals surface area (Å²) < 4.78 is 43.5. The molecule has 0 saturated carbocycles. The van der Waals surface area contributed by atoms with Crippen molar-refractivity contribution in [1.82, 2.24) is 9.97 Å². The molecule has 0 aromatic carbocycles. The molecular formula is C11H16F3N5O. The Balaban J connectivity index is 2.26. The molecule has 112 valence electrons. The molecule has 0 aliphatic carbocycles. The van der Waals surface area contributed by atoms with Gasteiger partial charge in [0.1, 0.15) is 11.6 Å². The summed E-state index contributed by atoms with van der Waals surface area (Å²) in [5.41, 5.74) is 1.65. The van der Waals surface area contributed by atoms with Crippen molar-refractivity contribution in [2.24, 2.45) is 5.84 Å². The SMILES string of the molecule is CC1(Nc2cc(NN)nc(C(F)(F)F)n2)CCCOC1. The number of ether oxygens (including phenoxy) is 1. The zero-order valence-electron chi connectivity index (χ0n) is 10.9. The first kappa shape index (κ1) is 14.8. The van der Waals surface area contributed by atoms with E-state index in [0.717, 1.165) is 12.8 Å². The van der Waals surface area contributed by atoms with Gasteiger partial charge in [-0.2, -0.15) is 13.2 Å². The van der Waals surface area contributed by atoms with E-state index in [0.29, 0.717) is 13.2 Å². The van der Waals surface area contributed by atoms with Crippen LogP contribution in [0.25, 0.3) is 0 Å². The van der Waals surface area contributed by atoms with Gasteiger partial charge >= 0.3 is 6.18 Å². The van der Waals surface area contributed by atoms with E-state index in [1.54, 1.807) is 0 Å². The van der Waals surface area contributed by atoms with Crippen LogP contribution in [0.1, 0.15) is 25.6 Å². The normalized spacial score (nSPS) is 23.4. The largest absolute Gasteiger partial charge is 0.451 e. The van der Waals surface area contributed by atoms with Crippen LogP contribution in [0.3, 0.4) is 0 Å². The summed E-state index contributed by atoms with van der Waals surface area (Å²) >= 11 is 0. The topological polar surface area (TPSA) is 85.1 Å². The highest BCUT2D eigenvalue weighted by Crippen LogP contribution is 2.30. The second-order valence-corrected chi connectivity index (χ2v) is 4.95. The number of nitrogens with one attached hydrogen (secondary N) is 2. The quantitative estimate of drug-likeness (QED) is 0.581. The molecule has 1 aliphatic rings. The molecule has 9 heteroatoms. The summed E-state index contributed by atoms with van der Waals surface area (Å²) in [6.07, 6.45) is -3.01. The molecule has 2 heterocycles. The van der Waals surface area contributed by atoms with E-state index in [1.807, 2.05) is 6.92 Å². The van der Waals surface area contributed by atoms with Gasteiger partial charge in [0.15, 0.2) is 0 Å². The molecule has 0 bridgehead atoms. The van der Waals surface area contributed by atoms with Crippen molar-refractivity contribution >= 4 is 11.6 Å². The molecular weight excluding hydrogens is 275 g/mol. The van der Waals surface area contributed by atoms with Crippen LogP contribution in [0.4, 0.5) is 24.8 Å². The molecule has 0 spiro atoms. The fourth-order valence-electron chi connectivity index (χ4n) is 2.05. The van der Waals surface area contributed by atoms with E-state index in [9.17, 15) is 13.2 Å². The van der Waals surface area contributed by atoms with E-state index in [-0.39, 0.29) is 11.6 Å². The Morgan fingerprint density at radius 1 is 1.35 bits per heavy atom. The fourth-order valence-corrected chi connectivity index (χ4v) is 2.05. The second-order valence-electron chi connectivity index (χ2n) is 4.95. The summed E-state index contributed by atoms with van der Waals surface area (Å²) in [4.78, 5) is 6.79. The summed E-state index contributed by atoms with van der Waals surface area (Å²) in [7, 11) is 0. The zero-order chi connectivity index (χ0) is 14.8. The molecule has 1 unspecified atom stereocenters. The van der Waals surface area contributed by atoms with Crippen molar-refractivity contribution in [2.75, 3.05) is 24.0 Å². The highest BCUT2D eigenvalue weighted by Gasteiger charge is 2.36. The van der Waals surface area contributed by atoms with Crippen LogP contribution in [-0.2, 0) is 10.9 Å². The van der Waals surface area contributed by atoms with Gasteiger partial charge in [0.05, 0.1) is 12.1 Å². The van der Waals surface area contributed by atoms with Crippen LogP contribution >= 0.6 is 0 Å². The van der Waals surface area contributed by atoms with Crippen molar-refractivity contribution in [3.63, 3.8) is 0 Å². The van der Waals surface area contributed by atoms with Crippen LogP contribution in [-0.4, -0.2) is 28.7 Å². The summed E-state index contributed by atoms with van der Waals surface area (Å²) in [6.45, 7) is 2.94. The number of halogens is 3. The number of hydrogen-bond acceptors (Lipinski definition) is 6. The lowest BCUT2D eigenvalue weighted by atomic mass is 9.95. The zero-order valence-corrected chi connectivity index (χ0v) is 10.9. The molecule has 1 fully saturated rings. The molecule has 1 saturated heterocycles. The van der Waals surface area contributed by atoms with Crippen LogP contribution in [0.15, 0.2) is 6.07 Å². The molecule has 6 nitrogen and oxygen atoms in total. The summed E-state index contributed by atoms with van der Waals surface area (Å²) in [6, 6.07) is 1.33. The van der Waals surface area contributed by atoms with Crippen LogP contribution < -0.4 is 16.6 Å². The fraction of sp³-hybridized carbons (Fsp3) is 0.636. The third-order valence-corrected chi connectivity index (χ3v) is 3.00. The lowest BCUT2D eigenvalue weighted by Crippen LogP contribution is -2.43. The third kappa shape index (κ3) is 3.48. The molecule has 1 aliphatic heterocycles. The molecule has 1 atom stereocenters. The minimum Gasteiger partial charge on any atom is -0.379 e. The molecule has 2 rings (SSSR count). The number of alkyl halides is 3. The van der Waals surface area contributed by atoms with E-state index < -0.39 is 17.5 Å². The average Bonchev–Trinajstić information content (AvgIpc) is 2.37. The van der Waals surface area contributed by atoms with E-state index in [2.05, 4.69) is 20.7 Å². The maximum atomic E-state index is 12.7. The number of anilines is 2. The second kappa shape index (κ2) is 5.41. The predicted octanol–water partition coefficient (Wildman–Crippen LogP) is 1.76. The number of aromatic nitrogens is 2. The number of rotatable bonds is 3. The molecule has 4 N–H and O–H groups in total. The maximum absolute atomic E-state index is 12.7. The van der Waals surface area contributed by atoms with Gasteiger partial charge in [-0.15, -0.1) is 0 Å². The minimum absolute atomic E-state index is 0.0632. The van der Waals surface area contributed by atoms with E-state index in [1.165, 1.54) is 6.07 Å². The van der Waals surface area contributed by atoms with Gasteiger partial charge in [-0.25, -0.2) is 15.8 Å². The van der Waals surface area contributed by atoms with Crippen molar-refractivity contribution in [2.45, 2.75) is 31.5 Å². The molecule has 20 heavy (non-hydrogen) atoms. The Hall–Kier alpha value is -1.61. The van der Waals surface area contributed by atoms with Crippen LogP contribution in [0, 0.1) is 0 Å². The van der Waals surface area contributed by atoms with Gasteiger partial charge in [-0.05, 0) is 19.8 Å². The Bertz CT molecular complexity index is 474. The van der Waals surface area contributed by atoms with Crippen molar-refractivity contribution in [3.05, 3.63) is 11.9 Å². The van der Waals surface area contributed by atoms with E-state index in [4.69, 9.17) is 10.6 Å². The average molecular weight is 291 g/mol.